The zero-order chi connectivity index (χ0) is 16.0. The number of nitrogens with two attached hydrogens (primary N) is 1. The van der Waals surface area contributed by atoms with Crippen LogP contribution in [0.5, 0.6) is 0 Å². The van der Waals surface area contributed by atoms with Crippen LogP contribution in [0.1, 0.15) is 38.8 Å². The van der Waals surface area contributed by atoms with E-state index in [-0.39, 0.29) is 24.0 Å². The van der Waals surface area contributed by atoms with E-state index in [4.69, 9.17) is 17.3 Å². The Morgan fingerprint density at radius 1 is 1.38 bits per heavy atom. The van der Waals surface area contributed by atoms with Gasteiger partial charge in [-0.1, -0.05) is 36.7 Å². The third kappa shape index (κ3) is 5.30. The third-order valence-electron chi connectivity index (χ3n) is 3.42. The lowest BCUT2D eigenvalue weighted by Crippen LogP contribution is -2.45. The van der Waals surface area contributed by atoms with Crippen molar-refractivity contribution in [3.63, 3.8) is 0 Å². The van der Waals surface area contributed by atoms with Gasteiger partial charge in [-0.2, -0.15) is 0 Å². The minimum absolute atomic E-state index is 0.00661. The Labute approximate surface area is 132 Å². The van der Waals surface area contributed by atoms with Crippen LogP contribution in [-0.2, 0) is 4.79 Å². The average Bonchev–Trinajstić information content (AvgIpc) is 2.39. The first-order chi connectivity index (χ1) is 9.86. The summed E-state index contributed by atoms with van der Waals surface area (Å²) in [5.74, 6) is -0.00661. The van der Waals surface area contributed by atoms with Gasteiger partial charge in [-0.25, -0.2) is 0 Å². The number of carbonyl (C=O) groups is 1. The van der Waals surface area contributed by atoms with E-state index in [2.05, 4.69) is 5.32 Å². The maximum atomic E-state index is 12.0. The van der Waals surface area contributed by atoms with Gasteiger partial charge in [-0.15, -0.1) is 0 Å². The van der Waals surface area contributed by atoms with Crippen molar-refractivity contribution in [3.8, 4) is 0 Å². The normalized spacial score (nSPS) is 14.3. The second-order valence-electron chi connectivity index (χ2n) is 5.68. The Balaban J connectivity index is 2.93. The lowest BCUT2D eigenvalue weighted by molar-refractivity contribution is -0.123. The number of benzene rings is 1. The van der Waals surface area contributed by atoms with E-state index in [0.29, 0.717) is 11.6 Å². The summed E-state index contributed by atoms with van der Waals surface area (Å²) in [6, 6.07) is 7.63. The first-order valence-corrected chi connectivity index (χ1v) is 7.74. The molecule has 21 heavy (non-hydrogen) atoms. The Kier molecular flexibility index (Phi) is 7.15. The Morgan fingerprint density at radius 2 is 2.00 bits per heavy atom. The molecule has 1 rings (SSSR count). The van der Waals surface area contributed by atoms with Crippen LogP contribution in [0, 0.1) is 0 Å². The van der Waals surface area contributed by atoms with E-state index in [1.807, 2.05) is 57.0 Å². The minimum atomic E-state index is -0.0818. The molecular formula is C16H26ClN3O. The molecule has 118 valence electrons. The standard InChI is InChI=1S/C16H26ClN3O/c1-5-14(18)16(12-8-6-7-9-13(12)17)20(4)10-15(21)19-11(2)3/h6-9,11,14,16H,5,10,18H2,1-4H3,(H,19,21). The van der Waals surface area contributed by atoms with Crippen molar-refractivity contribution in [3.05, 3.63) is 34.9 Å². The minimum Gasteiger partial charge on any atom is -0.353 e. The number of carbonyl (C=O) groups excluding carboxylic acids is 1. The van der Waals surface area contributed by atoms with Crippen molar-refractivity contribution in [1.82, 2.24) is 10.2 Å². The van der Waals surface area contributed by atoms with Gasteiger partial charge in [-0.05, 0) is 38.9 Å². The van der Waals surface area contributed by atoms with E-state index in [0.717, 1.165) is 12.0 Å². The summed E-state index contributed by atoms with van der Waals surface area (Å²) in [5, 5.41) is 3.58. The van der Waals surface area contributed by atoms with E-state index in [9.17, 15) is 4.79 Å². The van der Waals surface area contributed by atoms with Crippen LogP contribution in [0.2, 0.25) is 5.02 Å². The molecular weight excluding hydrogens is 286 g/mol. The zero-order valence-corrected chi connectivity index (χ0v) is 14.0. The smallest absolute Gasteiger partial charge is 0.234 e. The molecule has 0 bridgehead atoms. The Morgan fingerprint density at radius 3 is 2.52 bits per heavy atom. The van der Waals surface area contributed by atoms with Gasteiger partial charge in [0.2, 0.25) is 5.91 Å². The number of amides is 1. The number of rotatable bonds is 7. The topological polar surface area (TPSA) is 58.4 Å². The molecule has 0 aromatic heterocycles. The van der Waals surface area contributed by atoms with Gasteiger partial charge in [0.1, 0.15) is 0 Å². The van der Waals surface area contributed by atoms with Crippen molar-refractivity contribution in [2.24, 2.45) is 5.73 Å². The number of hydrogen-bond acceptors (Lipinski definition) is 3. The van der Waals surface area contributed by atoms with Crippen molar-refractivity contribution < 1.29 is 4.79 Å². The van der Waals surface area contributed by atoms with Gasteiger partial charge in [0.15, 0.2) is 0 Å². The van der Waals surface area contributed by atoms with Crippen LogP contribution in [0.3, 0.4) is 0 Å². The van der Waals surface area contributed by atoms with Crippen molar-refractivity contribution in [2.75, 3.05) is 13.6 Å². The molecule has 4 nitrogen and oxygen atoms in total. The van der Waals surface area contributed by atoms with Crippen LogP contribution in [0.25, 0.3) is 0 Å². The van der Waals surface area contributed by atoms with Crippen LogP contribution in [0.15, 0.2) is 24.3 Å². The summed E-state index contributed by atoms with van der Waals surface area (Å²) >= 11 is 6.30. The molecule has 0 saturated heterocycles. The maximum Gasteiger partial charge on any atom is 0.234 e. The Hall–Kier alpha value is -1.10. The molecule has 0 aliphatic rings. The summed E-state index contributed by atoms with van der Waals surface area (Å²) < 4.78 is 0. The van der Waals surface area contributed by atoms with E-state index >= 15 is 0 Å². The highest BCUT2D eigenvalue weighted by molar-refractivity contribution is 6.31. The molecule has 0 radical (unpaired) electrons. The largest absolute Gasteiger partial charge is 0.353 e. The van der Waals surface area contributed by atoms with Gasteiger partial charge < -0.3 is 11.1 Å². The average molecular weight is 312 g/mol. The molecule has 5 heteroatoms. The lowest BCUT2D eigenvalue weighted by atomic mass is 9.96. The fraction of sp³-hybridized carbons (Fsp3) is 0.562. The number of likely N-dealkylation sites (N-methyl/N-ethyl adjacent to an activating group) is 1. The highest BCUT2D eigenvalue weighted by Gasteiger charge is 2.26. The fourth-order valence-electron chi connectivity index (χ4n) is 2.43. The summed E-state index contributed by atoms with van der Waals surface area (Å²) in [6.45, 7) is 6.22. The van der Waals surface area contributed by atoms with Gasteiger partial charge in [0.05, 0.1) is 12.6 Å². The SMILES string of the molecule is CCC(N)C(c1ccccc1Cl)N(C)CC(=O)NC(C)C. The number of hydrogen-bond donors (Lipinski definition) is 2. The first-order valence-electron chi connectivity index (χ1n) is 7.36. The third-order valence-corrected chi connectivity index (χ3v) is 3.76. The summed E-state index contributed by atoms with van der Waals surface area (Å²) in [4.78, 5) is 13.9. The van der Waals surface area contributed by atoms with Crippen LogP contribution in [-0.4, -0.2) is 36.5 Å². The fourth-order valence-corrected chi connectivity index (χ4v) is 2.67. The second kappa shape index (κ2) is 8.37. The lowest BCUT2D eigenvalue weighted by Gasteiger charge is -2.33. The van der Waals surface area contributed by atoms with E-state index in [1.165, 1.54) is 0 Å². The molecule has 0 heterocycles. The molecule has 0 aliphatic heterocycles. The molecule has 1 aromatic carbocycles. The molecule has 2 atom stereocenters. The van der Waals surface area contributed by atoms with E-state index in [1.54, 1.807) is 0 Å². The molecule has 3 N–H and O–H groups in total. The molecule has 1 amide bonds. The zero-order valence-electron chi connectivity index (χ0n) is 13.3. The molecule has 2 unspecified atom stereocenters. The summed E-state index contributed by atoms with van der Waals surface area (Å²) in [5.41, 5.74) is 7.23. The van der Waals surface area contributed by atoms with Crippen molar-refractivity contribution in [2.45, 2.75) is 45.3 Å². The van der Waals surface area contributed by atoms with E-state index < -0.39 is 0 Å². The van der Waals surface area contributed by atoms with Crippen LogP contribution >= 0.6 is 11.6 Å². The summed E-state index contributed by atoms with van der Waals surface area (Å²) in [6.07, 6.45) is 0.812. The van der Waals surface area contributed by atoms with Gasteiger partial charge in [0, 0.05) is 17.1 Å². The second-order valence-corrected chi connectivity index (χ2v) is 6.08. The molecule has 0 saturated carbocycles. The van der Waals surface area contributed by atoms with Crippen LogP contribution in [0.4, 0.5) is 0 Å². The quantitative estimate of drug-likeness (QED) is 0.813. The summed E-state index contributed by atoms with van der Waals surface area (Å²) in [7, 11) is 1.91. The van der Waals surface area contributed by atoms with Gasteiger partial charge in [-0.3, -0.25) is 9.69 Å². The molecule has 1 aromatic rings. The van der Waals surface area contributed by atoms with Crippen LogP contribution < -0.4 is 11.1 Å². The number of halogens is 1. The first kappa shape index (κ1) is 18.0. The highest BCUT2D eigenvalue weighted by Crippen LogP contribution is 2.29. The molecule has 0 aliphatic carbocycles. The predicted octanol–water partition coefficient (Wildman–Crippen LogP) is 2.57. The van der Waals surface area contributed by atoms with Gasteiger partial charge >= 0.3 is 0 Å². The van der Waals surface area contributed by atoms with Crippen molar-refractivity contribution in [1.29, 1.82) is 0 Å². The molecule has 0 spiro atoms. The molecule has 0 fully saturated rings. The highest BCUT2D eigenvalue weighted by atomic mass is 35.5. The maximum absolute atomic E-state index is 12.0. The number of nitrogens with zero attached hydrogens (tertiary/aromatic N) is 1. The Bertz CT molecular complexity index is 465. The van der Waals surface area contributed by atoms with Gasteiger partial charge in [0.25, 0.3) is 0 Å². The predicted molar refractivity (Wildman–Crippen MR) is 88.4 cm³/mol. The van der Waals surface area contributed by atoms with Crippen molar-refractivity contribution >= 4 is 17.5 Å². The monoisotopic (exact) mass is 311 g/mol. The number of nitrogens with one attached hydrogen (secondary N) is 1.